The van der Waals surface area contributed by atoms with E-state index in [9.17, 15) is 0 Å². The summed E-state index contributed by atoms with van der Waals surface area (Å²) in [6, 6.07) is 54.1. The SMILES string of the molecule is CO.[Cl-].[Cl-].[Ti+2].[c-]1ccccc1.[c-]1ccccc1.[c-]1ccccc1C1c2ccccc2-c2ccccc21. The van der Waals surface area contributed by atoms with E-state index in [4.69, 9.17) is 5.11 Å². The molecular weight excluding hydrogens is 519 g/mol. The third kappa shape index (κ3) is 9.43. The average Bonchev–Trinajstić information content (AvgIpc) is 3.28. The Labute approximate surface area is 243 Å². The van der Waals surface area contributed by atoms with Crippen molar-refractivity contribution in [2.45, 2.75) is 5.92 Å². The van der Waals surface area contributed by atoms with Gasteiger partial charge in [0.25, 0.3) is 0 Å². The second-order valence-corrected chi connectivity index (χ2v) is 7.08. The zero-order valence-electron chi connectivity index (χ0n) is 20.0. The maximum atomic E-state index is 7.00. The molecule has 0 aliphatic heterocycles. The van der Waals surface area contributed by atoms with Crippen molar-refractivity contribution in [3.8, 4) is 11.1 Å². The number of aliphatic hydroxyl groups is 1. The fourth-order valence-corrected chi connectivity index (χ4v) is 3.76. The van der Waals surface area contributed by atoms with Gasteiger partial charge in [0.15, 0.2) is 0 Å². The van der Waals surface area contributed by atoms with Crippen LogP contribution < -0.4 is 24.8 Å². The molecule has 4 heteroatoms. The molecule has 0 heterocycles. The summed E-state index contributed by atoms with van der Waals surface area (Å²) in [6.45, 7) is 0. The van der Waals surface area contributed by atoms with E-state index in [0.29, 0.717) is 5.92 Å². The number of benzene rings is 5. The third-order valence-corrected chi connectivity index (χ3v) is 5.09. The fraction of sp³-hybridized carbons (Fsp3) is 0.0625. The number of aliphatic hydroxyl groups excluding tert-OH is 1. The van der Waals surface area contributed by atoms with Gasteiger partial charge >= 0.3 is 21.7 Å². The van der Waals surface area contributed by atoms with Gasteiger partial charge in [-0.1, -0.05) is 48.5 Å². The van der Waals surface area contributed by atoms with Crippen molar-refractivity contribution in [3.63, 3.8) is 0 Å². The molecule has 1 aliphatic rings. The van der Waals surface area contributed by atoms with Crippen LogP contribution in [0.3, 0.4) is 0 Å². The summed E-state index contributed by atoms with van der Waals surface area (Å²) in [5.41, 5.74) is 6.76. The number of hydrogen-bond acceptors (Lipinski definition) is 1. The third-order valence-electron chi connectivity index (χ3n) is 5.09. The van der Waals surface area contributed by atoms with Gasteiger partial charge in [-0.2, -0.15) is 109 Å². The van der Waals surface area contributed by atoms with Crippen LogP contribution in [-0.4, -0.2) is 12.2 Å². The molecule has 6 rings (SSSR count). The molecule has 5 aromatic carbocycles. The van der Waals surface area contributed by atoms with Crippen molar-refractivity contribution in [2.24, 2.45) is 0 Å². The van der Waals surface area contributed by atoms with Gasteiger partial charge in [0, 0.05) is 13.0 Å². The van der Waals surface area contributed by atoms with E-state index in [-0.39, 0.29) is 46.5 Å². The Bertz CT molecular complexity index is 1060. The molecule has 1 nitrogen and oxygen atoms in total. The van der Waals surface area contributed by atoms with Crippen LogP contribution in [-0.2, 0) is 21.7 Å². The van der Waals surface area contributed by atoms with Crippen molar-refractivity contribution in [1.29, 1.82) is 0 Å². The summed E-state index contributed by atoms with van der Waals surface area (Å²) < 4.78 is 0. The molecule has 5 aromatic rings. The molecule has 0 saturated heterocycles. The maximum Gasteiger partial charge on any atom is 2.00 e. The Kier molecular flexibility index (Phi) is 18.1. The van der Waals surface area contributed by atoms with E-state index in [1.54, 1.807) is 0 Å². The van der Waals surface area contributed by atoms with Crippen LogP contribution in [0.5, 0.6) is 0 Å². The first-order valence-corrected chi connectivity index (χ1v) is 10.9. The molecule has 1 aliphatic carbocycles. The van der Waals surface area contributed by atoms with Crippen molar-refractivity contribution in [3.05, 3.63) is 168 Å². The molecule has 1 N–H and O–H groups in total. The first kappa shape index (κ1) is 33.4. The van der Waals surface area contributed by atoms with Gasteiger partial charge in [-0.3, -0.25) is 0 Å². The molecule has 0 aromatic heterocycles. The molecule has 0 bridgehead atoms. The van der Waals surface area contributed by atoms with Gasteiger partial charge in [-0.15, -0.1) is 0 Å². The van der Waals surface area contributed by atoms with Crippen molar-refractivity contribution in [2.75, 3.05) is 7.11 Å². The summed E-state index contributed by atoms with van der Waals surface area (Å²) >= 11 is 0. The molecule has 0 atom stereocenters. The fourth-order valence-electron chi connectivity index (χ4n) is 3.76. The van der Waals surface area contributed by atoms with Crippen molar-refractivity contribution < 1.29 is 51.6 Å². The molecule has 0 radical (unpaired) electrons. The predicted molar refractivity (Wildman–Crippen MR) is 137 cm³/mol. The topological polar surface area (TPSA) is 20.2 Å². The van der Waals surface area contributed by atoms with Crippen LogP contribution in [0, 0.1) is 18.2 Å². The minimum absolute atomic E-state index is 0. The second-order valence-electron chi connectivity index (χ2n) is 7.08. The minimum Gasteiger partial charge on any atom is -1.00 e. The van der Waals surface area contributed by atoms with Crippen LogP contribution >= 0.6 is 0 Å². The average molecular weight is 546 g/mol. The monoisotopic (exact) mass is 545 g/mol. The van der Waals surface area contributed by atoms with E-state index < -0.39 is 0 Å². The zero-order valence-corrected chi connectivity index (χ0v) is 23.1. The Hall–Kier alpha value is -2.65. The van der Waals surface area contributed by atoms with Gasteiger partial charge in [-0.25, -0.2) is 0 Å². The molecule has 36 heavy (non-hydrogen) atoms. The van der Waals surface area contributed by atoms with Crippen LogP contribution in [0.2, 0.25) is 0 Å². The normalized spacial score (nSPS) is 9.72. The molecule has 0 unspecified atom stereocenters. The number of rotatable bonds is 1. The zero-order chi connectivity index (χ0) is 23.1. The molecule has 0 spiro atoms. The maximum absolute atomic E-state index is 7.00. The largest absolute Gasteiger partial charge is 2.00 e. The quantitative estimate of drug-likeness (QED) is 0.243. The standard InChI is InChI=1S/C19H13.2C6H5.CH4O.2ClH.Ti/c1-2-8-14(9-3-1)19-17-12-6-4-10-15(17)16-11-5-7-13-18(16)19;2*1-2-4-6-5-3-1;1-2;;;/h1-8,10-13,19H;2*1-5H;2H,1H3;2*1H;/q3*-1;;;;+2/p-2. The molecular formula is C32H27Cl2OTi-3. The van der Waals surface area contributed by atoms with Gasteiger partial charge in [0.2, 0.25) is 0 Å². The first-order chi connectivity index (χ1) is 16.4. The Morgan fingerprint density at radius 1 is 0.500 bits per heavy atom. The summed E-state index contributed by atoms with van der Waals surface area (Å²) in [5.74, 6) is 0.327. The van der Waals surface area contributed by atoms with E-state index in [2.05, 4.69) is 78.9 Å². The molecule has 0 fully saturated rings. The number of hydrogen-bond donors (Lipinski definition) is 1. The molecule has 0 saturated carbocycles. The summed E-state index contributed by atoms with van der Waals surface area (Å²) in [5, 5.41) is 7.00. The number of halogens is 2. The smallest absolute Gasteiger partial charge is 1.00 e. The van der Waals surface area contributed by atoms with Crippen molar-refractivity contribution in [1.82, 2.24) is 0 Å². The molecule has 0 amide bonds. The van der Waals surface area contributed by atoms with Gasteiger partial charge in [0.1, 0.15) is 0 Å². The Morgan fingerprint density at radius 2 is 0.889 bits per heavy atom. The van der Waals surface area contributed by atoms with E-state index in [1.807, 2.05) is 72.8 Å². The predicted octanol–water partition coefficient (Wildman–Crippen LogP) is 1.23. The second kappa shape index (κ2) is 19.5. The molecule has 182 valence electrons. The van der Waals surface area contributed by atoms with E-state index in [1.165, 1.54) is 27.8 Å². The van der Waals surface area contributed by atoms with Crippen LogP contribution in [0.4, 0.5) is 0 Å². The van der Waals surface area contributed by atoms with Crippen molar-refractivity contribution >= 4 is 0 Å². The van der Waals surface area contributed by atoms with Gasteiger partial charge < -0.3 is 29.9 Å². The number of fused-ring (bicyclic) bond motifs is 3. The van der Waals surface area contributed by atoms with Gasteiger partial charge in [-0.05, 0) is 22.3 Å². The summed E-state index contributed by atoms with van der Waals surface area (Å²) in [4.78, 5) is 0. The summed E-state index contributed by atoms with van der Waals surface area (Å²) in [6.07, 6.45) is 0. The van der Waals surface area contributed by atoms with Crippen LogP contribution in [0.1, 0.15) is 22.6 Å². The Balaban J connectivity index is 0.000000603. The van der Waals surface area contributed by atoms with Gasteiger partial charge in [0.05, 0.1) is 0 Å². The Morgan fingerprint density at radius 3 is 1.22 bits per heavy atom. The van der Waals surface area contributed by atoms with E-state index in [0.717, 1.165) is 7.11 Å². The summed E-state index contributed by atoms with van der Waals surface area (Å²) in [7, 11) is 1.00. The van der Waals surface area contributed by atoms with Crippen LogP contribution in [0.25, 0.3) is 11.1 Å². The first-order valence-electron chi connectivity index (χ1n) is 10.9. The van der Waals surface area contributed by atoms with Crippen LogP contribution in [0.15, 0.2) is 133 Å². The minimum atomic E-state index is 0. The van der Waals surface area contributed by atoms with E-state index >= 15 is 0 Å².